The van der Waals surface area contributed by atoms with Crippen LogP contribution < -0.4 is 5.32 Å². The van der Waals surface area contributed by atoms with Crippen molar-refractivity contribution in [3.05, 3.63) is 57.2 Å². The second-order valence-electron chi connectivity index (χ2n) is 5.05. The van der Waals surface area contributed by atoms with Gasteiger partial charge in [0.15, 0.2) is 0 Å². The van der Waals surface area contributed by atoms with Crippen molar-refractivity contribution >= 4 is 28.8 Å². The normalized spacial score (nSPS) is 13.7. The summed E-state index contributed by atoms with van der Waals surface area (Å²) in [5.74, 6) is -0.234. The van der Waals surface area contributed by atoms with Gasteiger partial charge in [0.25, 0.3) is 0 Å². The Bertz CT molecular complexity index is 586. The highest BCUT2D eigenvalue weighted by Gasteiger charge is 2.15. The van der Waals surface area contributed by atoms with Gasteiger partial charge >= 0.3 is 0 Å². The lowest BCUT2D eigenvalue weighted by Crippen LogP contribution is -2.33. The van der Waals surface area contributed by atoms with E-state index in [1.807, 2.05) is 48.0 Å². The van der Waals surface area contributed by atoms with E-state index in [-0.39, 0.29) is 18.4 Å². The SMILES string of the molecule is CC(Cc1cccc(Cl)c1)C(=O)NCC(O)c1ccsc1. The summed E-state index contributed by atoms with van der Waals surface area (Å²) in [7, 11) is 0. The molecule has 0 saturated carbocycles. The number of carbonyl (C=O) groups excluding carboxylic acids is 1. The van der Waals surface area contributed by atoms with Gasteiger partial charge in [0, 0.05) is 17.5 Å². The number of benzene rings is 1. The summed E-state index contributed by atoms with van der Waals surface area (Å²) in [6.45, 7) is 2.10. The number of hydrogen-bond acceptors (Lipinski definition) is 3. The van der Waals surface area contributed by atoms with E-state index in [1.165, 1.54) is 11.3 Å². The fourth-order valence-corrected chi connectivity index (χ4v) is 2.98. The third kappa shape index (κ3) is 4.84. The molecule has 112 valence electrons. The summed E-state index contributed by atoms with van der Waals surface area (Å²) in [5, 5.41) is 17.2. The van der Waals surface area contributed by atoms with Crippen molar-refractivity contribution in [3.63, 3.8) is 0 Å². The molecule has 2 atom stereocenters. The molecule has 2 rings (SSSR count). The van der Waals surface area contributed by atoms with Crippen molar-refractivity contribution in [1.82, 2.24) is 5.32 Å². The molecule has 2 unspecified atom stereocenters. The van der Waals surface area contributed by atoms with Crippen LogP contribution in [0.25, 0.3) is 0 Å². The third-order valence-corrected chi connectivity index (χ3v) is 4.21. The number of halogens is 1. The highest BCUT2D eigenvalue weighted by Crippen LogP contribution is 2.16. The summed E-state index contributed by atoms with van der Waals surface area (Å²) in [6.07, 6.45) is -0.0282. The second kappa shape index (κ2) is 7.59. The Morgan fingerprint density at radius 1 is 1.43 bits per heavy atom. The van der Waals surface area contributed by atoms with E-state index in [4.69, 9.17) is 11.6 Å². The van der Waals surface area contributed by atoms with E-state index in [0.29, 0.717) is 11.4 Å². The first-order chi connectivity index (χ1) is 10.1. The zero-order valence-corrected chi connectivity index (χ0v) is 13.3. The molecule has 1 aromatic carbocycles. The maximum Gasteiger partial charge on any atom is 0.223 e. The van der Waals surface area contributed by atoms with Crippen LogP contribution in [0.3, 0.4) is 0 Å². The second-order valence-corrected chi connectivity index (χ2v) is 6.27. The number of aliphatic hydroxyl groups is 1. The van der Waals surface area contributed by atoms with E-state index >= 15 is 0 Å². The van der Waals surface area contributed by atoms with Crippen molar-refractivity contribution in [2.75, 3.05) is 6.54 Å². The Hall–Kier alpha value is -1.36. The largest absolute Gasteiger partial charge is 0.387 e. The molecular formula is C16H18ClNO2S. The molecule has 0 aliphatic carbocycles. The fraction of sp³-hybridized carbons (Fsp3) is 0.312. The van der Waals surface area contributed by atoms with Crippen LogP contribution in [0.1, 0.15) is 24.2 Å². The Kier molecular flexibility index (Phi) is 5.79. The van der Waals surface area contributed by atoms with Crippen LogP contribution in [0.15, 0.2) is 41.1 Å². The molecule has 0 aliphatic rings. The average Bonchev–Trinajstić information content (AvgIpc) is 2.98. The first-order valence-electron chi connectivity index (χ1n) is 6.78. The minimum Gasteiger partial charge on any atom is -0.387 e. The van der Waals surface area contributed by atoms with Gasteiger partial charge in [0.05, 0.1) is 6.10 Å². The summed E-state index contributed by atoms with van der Waals surface area (Å²) in [4.78, 5) is 12.1. The van der Waals surface area contributed by atoms with Gasteiger partial charge in [0.1, 0.15) is 0 Å². The Morgan fingerprint density at radius 3 is 2.90 bits per heavy atom. The average molecular weight is 324 g/mol. The molecule has 5 heteroatoms. The smallest absolute Gasteiger partial charge is 0.223 e. The number of thiophene rings is 1. The monoisotopic (exact) mass is 323 g/mol. The number of amides is 1. The summed E-state index contributed by atoms with van der Waals surface area (Å²) in [5.41, 5.74) is 1.87. The minimum absolute atomic E-state index is 0.0655. The first-order valence-corrected chi connectivity index (χ1v) is 8.10. The van der Waals surface area contributed by atoms with Crippen molar-refractivity contribution in [1.29, 1.82) is 0 Å². The van der Waals surface area contributed by atoms with Crippen LogP contribution in [0.2, 0.25) is 5.02 Å². The van der Waals surface area contributed by atoms with Gasteiger partial charge in [-0.1, -0.05) is 30.7 Å². The predicted molar refractivity (Wildman–Crippen MR) is 86.6 cm³/mol. The molecule has 0 radical (unpaired) electrons. The van der Waals surface area contributed by atoms with E-state index < -0.39 is 6.10 Å². The van der Waals surface area contributed by atoms with Gasteiger partial charge in [-0.05, 0) is 46.5 Å². The number of hydrogen-bond donors (Lipinski definition) is 2. The molecule has 21 heavy (non-hydrogen) atoms. The predicted octanol–water partition coefficient (Wildman–Crippen LogP) is 3.43. The van der Waals surface area contributed by atoms with Gasteiger partial charge in [-0.15, -0.1) is 0 Å². The lowest BCUT2D eigenvalue weighted by Gasteiger charge is -2.15. The van der Waals surface area contributed by atoms with Gasteiger partial charge in [-0.25, -0.2) is 0 Å². The molecule has 3 nitrogen and oxygen atoms in total. The van der Waals surface area contributed by atoms with Crippen molar-refractivity contribution in [2.45, 2.75) is 19.4 Å². The van der Waals surface area contributed by atoms with Crippen LogP contribution >= 0.6 is 22.9 Å². The zero-order valence-electron chi connectivity index (χ0n) is 11.8. The fourth-order valence-electron chi connectivity index (χ4n) is 2.06. The quantitative estimate of drug-likeness (QED) is 0.855. The van der Waals surface area contributed by atoms with E-state index in [0.717, 1.165) is 11.1 Å². The number of aliphatic hydroxyl groups excluding tert-OH is 1. The van der Waals surface area contributed by atoms with E-state index in [9.17, 15) is 9.90 Å². The zero-order chi connectivity index (χ0) is 15.2. The van der Waals surface area contributed by atoms with Gasteiger partial charge in [-0.3, -0.25) is 4.79 Å². The highest BCUT2D eigenvalue weighted by atomic mass is 35.5. The van der Waals surface area contributed by atoms with Crippen LogP contribution in [-0.4, -0.2) is 17.6 Å². The summed E-state index contributed by atoms with van der Waals surface area (Å²) >= 11 is 7.46. The molecule has 0 bridgehead atoms. The number of carbonyl (C=O) groups is 1. The number of rotatable bonds is 6. The minimum atomic E-state index is -0.654. The summed E-state index contributed by atoms with van der Waals surface area (Å²) in [6, 6.07) is 9.37. The van der Waals surface area contributed by atoms with Crippen molar-refractivity contribution in [2.24, 2.45) is 5.92 Å². The van der Waals surface area contributed by atoms with E-state index in [2.05, 4.69) is 5.32 Å². The first kappa shape index (κ1) is 16.0. The van der Waals surface area contributed by atoms with Crippen LogP contribution in [0.5, 0.6) is 0 Å². The van der Waals surface area contributed by atoms with Crippen molar-refractivity contribution in [3.8, 4) is 0 Å². The Labute approximate surface area is 133 Å². The van der Waals surface area contributed by atoms with Crippen molar-refractivity contribution < 1.29 is 9.90 Å². The molecule has 1 aromatic heterocycles. The molecule has 1 heterocycles. The molecule has 0 spiro atoms. The Balaban J connectivity index is 1.82. The third-order valence-electron chi connectivity index (χ3n) is 3.28. The van der Waals surface area contributed by atoms with Gasteiger partial charge in [0.2, 0.25) is 5.91 Å². The molecule has 1 amide bonds. The lowest BCUT2D eigenvalue weighted by molar-refractivity contribution is -0.124. The lowest BCUT2D eigenvalue weighted by atomic mass is 10.0. The Morgan fingerprint density at radius 2 is 2.24 bits per heavy atom. The van der Waals surface area contributed by atoms with Crippen LogP contribution in [0.4, 0.5) is 0 Å². The molecule has 0 saturated heterocycles. The summed E-state index contributed by atoms with van der Waals surface area (Å²) < 4.78 is 0. The van der Waals surface area contributed by atoms with Crippen LogP contribution in [-0.2, 0) is 11.2 Å². The molecule has 0 aliphatic heterocycles. The topological polar surface area (TPSA) is 49.3 Å². The molecule has 0 fully saturated rings. The molecule has 2 N–H and O–H groups in total. The standard InChI is InChI=1S/C16H18ClNO2S/c1-11(7-12-3-2-4-14(17)8-12)16(20)18-9-15(19)13-5-6-21-10-13/h2-6,8,10-11,15,19H,7,9H2,1H3,(H,18,20). The van der Waals surface area contributed by atoms with E-state index in [1.54, 1.807) is 0 Å². The number of nitrogens with one attached hydrogen (secondary N) is 1. The van der Waals surface area contributed by atoms with Crippen LogP contribution in [0, 0.1) is 5.92 Å². The molecular weight excluding hydrogens is 306 g/mol. The highest BCUT2D eigenvalue weighted by molar-refractivity contribution is 7.07. The maximum atomic E-state index is 12.1. The maximum absolute atomic E-state index is 12.1. The molecule has 2 aromatic rings. The van der Waals surface area contributed by atoms with Gasteiger partial charge in [-0.2, -0.15) is 11.3 Å². The van der Waals surface area contributed by atoms with Gasteiger partial charge < -0.3 is 10.4 Å².